The van der Waals surface area contributed by atoms with Gasteiger partial charge in [-0.2, -0.15) is 0 Å². The summed E-state index contributed by atoms with van der Waals surface area (Å²) in [6.45, 7) is 1.56. The first-order chi connectivity index (χ1) is 5.15. The van der Waals surface area contributed by atoms with Crippen molar-refractivity contribution >= 4 is 5.97 Å². The van der Waals surface area contributed by atoms with Crippen LogP contribution in [0.15, 0.2) is 10.5 Å². The standard InChI is InChI=1S/C8H6O3/c1-3-6-4-7(8(9)10)5(2)11-6/h1,4H,2H3,(H,9,10). The van der Waals surface area contributed by atoms with Crippen LogP contribution in [0.4, 0.5) is 0 Å². The Morgan fingerprint density at radius 1 is 1.82 bits per heavy atom. The van der Waals surface area contributed by atoms with Gasteiger partial charge in [0.1, 0.15) is 11.3 Å². The third-order valence-electron chi connectivity index (χ3n) is 1.29. The first-order valence-corrected chi connectivity index (χ1v) is 2.95. The molecule has 0 fully saturated rings. The maximum Gasteiger partial charge on any atom is 0.339 e. The van der Waals surface area contributed by atoms with Gasteiger partial charge in [0.2, 0.25) is 0 Å². The summed E-state index contributed by atoms with van der Waals surface area (Å²) in [4.78, 5) is 10.4. The molecule has 1 rings (SSSR count). The molecule has 0 aliphatic rings. The molecular weight excluding hydrogens is 144 g/mol. The minimum Gasteiger partial charge on any atom is -0.478 e. The van der Waals surface area contributed by atoms with Crippen LogP contribution in [0, 0.1) is 19.3 Å². The Morgan fingerprint density at radius 2 is 2.45 bits per heavy atom. The van der Waals surface area contributed by atoms with Crippen LogP contribution in [0.25, 0.3) is 0 Å². The zero-order valence-corrected chi connectivity index (χ0v) is 5.92. The second-order valence-corrected chi connectivity index (χ2v) is 2.03. The van der Waals surface area contributed by atoms with Crippen LogP contribution in [-0.4, -0.2) is 11.1 Å². The molecule has 0 radical (unpaired) electrons. The van der Waals surface area contributed by atoms with E-state index in [0.717, 1.165) is 0 Å². The van der Waals surface area contributed by atoms with E-state index in [0.29, 0.717) is 5.76 Å². The highest BCUT2D eigenvalue weighted by molar-refractivity contribution is 5.89. The molecule has 0 atom stereocenters. The zero-order valence-electron chi connectivity index (χ0n) is 5.92. The van der Waals surface area contributed by atoms with Gasteiger partial charge in [-0.05, 0) is 12.8 Å². The molecule has 1 aromatic heterocycles. The highest BCUT2D eigenvalue weighted by Crippen LogP contribution is 2.12. The average molecular weight is 150 g/mol. The van der Waals surface area contributed by atoms with Gasteiger partial charge in [-0.15, -0.1) is 6.42 Å². The number of hydrogen-bond acceptors (Lipinski definition) is 2. The second kappa shape index (κ2) is 2.51. The Bertz CT molecular complexity index is 328. The molecule has 1 heterocycles. The fourth-order valence-corrected chi connectivity index (χ4v) is 0.766. The normalized spacial score (nSPS) is 9.09. The van der Waals surface area contributed by atoms with Crippen molar-refractivity contribution in [2.24, 2.45) is 0 Å². The maximum absolute atomic E-state index is 10.4. The lowest BCUT2D eigenvalue weighted by molar-refractivity contribution is 0.0695. The van der Waals surface area contributed by atoms with Crippen molar-refractivity contribution in [2.45, 2.75) is 6.92 Å². The number of carboxylic acid groups (broad SMARTS) is 1. The van der Waals surface area contributed by atoms with Gasteiger partial charge in [0.05, 0.1) is 0 Å². The van der Waals surface area contributed by atoms with E-state index in [-0.39, 0.29) is 11.3 Å². The van der Waals surface area contributed by atoms with Gasteiger partial charge in [0.25, 0.3) is 0 Å². The topological polar surface area (TPSA) is 50.4 Å². The maximum atomic E-state index is 10.4. The summed E-state index contributed by atoms with van der Waals surface area (Å²) in [6.07, 6.45) is 5.00. The largest absolute Gasteiger partial charge is 0.478 e. The summed E-state index contributed by atoms with van der Waals surface area (Å²) in [6, 6.07) is 1.33. The fraction of sp³-hybridized carbons (Fsp3) is 0.125. The molecule has 3 nitrogen and oxygen atoms in total. The molecule has 0 saturated heterocycles. The smallest absolute Gasteiger partial charge is 0.339 e. The molecule has 0 spiro atoms. The Hall–Kier alpha value is -1.69. The SMILES string of the molecule is C#Cc1cc(C(=O)O)c(C)o1. The van der Waals surface area contributed by atoms with Gasteiger partial charge in [0.15, 0.2) is 5.76 Å². The number of terminal acetylenes is 1. The molecule has 0 unspecified atom stereocenters. The number of hydrogen-bond donors (Lipinski definition) is 1. The highest BCUT2D eigenvalue weighted by Gasteiger charge is 2.11. The number of rotatable bonds is 1. The van der Waals surface area contributed by atoms with Crippen LogP contribution in [0.2, 0.25) is 0 Å². The van der Waals surface area contributed by atoms with Crippen molar-refractivity contribution in [3.8, 4) is 12.3 Å². The van der Waals surface area contributed by atoms with Crippen LogP contribution in [-0.2, 0) is 0 Å². The third kappa shape index (κ3) is 1.24. The van der Waals surface area contributed by atoms with Gasteiger partial charge < -0.3 is 9.52 Å². The molecule has 3 heteroatoms. The first kappa shape index (κ1) is 7.42. The van der Waals surface area contributed by atoms with Gasteiger partial charge in [-0.3, -0.25) is 0 Å². The number of furan rings is 1. The van der Waals surface area contributed by atoms with Crippen molar-refractivity contribution in [2.75, 3.05) is 0 Å². The predicted molar refractivity (Wildman–Crippen MR) is 38.3 cm³/mol. The lowest BCUT2D eigenvalue weighted by Crippen LogP contribution is -1.94. The van der Waals surface area contributed by atoms with E-state index in [1.54, 1.807) is 6.92 Å². The monoisotopic (exact) mass is 150 g/mol. The lowest BCUT2D eigenvalue weighted by Gasteiger charge is -1.85. The first-order valence-electron chi connectivity index (χ1n) is 2.95. The van der Waals surface area contributed by atoms with Crippen molar-refractivity contribution < 1.29 is 14.3 Å². The van der Waals surface area contributed by atoms with Crippen LogP contribution in [0.5, 0.6) is 0 Å². The minimum atomic E-state index is -1.02. The molecular formula is C8H6O3. The van der Waals surface area contributed by atoms with E-state index in [1.807, 2.05) is 0 Å². The molecule has 1 N–H and O–H groups in total. The van der Waals surface area contributed by atoms with E-state index in [1.165, 1.54) is 6.07 Å². The average Bonchev–Trinajstić information content (AvgIpc) is 2.30. The Kier molecular flexibility index (Phi) is 1.69. The number of carboxylic acids is 1. The van der Waals surface area contributed by atoms with Crippen LogP contribution in [0.3, 0.4) is 0 Å². The quantitative estimate of drug-likeness (QED) is 0.613. The van der Waals surface area contributed by atoms with Crippen LogP contribution < -0.4 is 0 Å². The highest BCUT2D eigenvalue weighted by atomic mass is 16.4. The zero-order chi connectivity index (χ0) is 8.43. The van der Waals surface area contributed by atoms with Crippen molar-refractivity contribution in [3.05, 3.63) is 23.2 Å². The molecule has 0 saturated carbocycles. The molecule has 1 aromatic rings. The van der Waals surface area contributed by atoms with E-state index in [9.17, 15) is 4.79 Å². The summed E-state index contributed by atoms with van der Waals surface area (Å²) in [5, 5.41) is 8.55. The van der Waals surface area contributed by atoms with E-state index in [2.05, 4.69) is 5.92 Å². The van der Waals surface area contributed by atoms with Gasteiger partial charge in [-0.25, -0.2) is 4.79 Å². The van der Waals surface area contributed by atoms with E-state index >= 15 is 0 Å². The van der Waals surface area contributed by atoms with Crippen molar-refractivity contribution in [1.29, 1.82) is 0 Å². The second-order valence-electron chi connectivity index (χ2n) is 2.03. The molecule has 0 bridgehead atoms. The molecule has 0 aromatic carbocycles. The number of aryl methyl sites for hydroxylation is 1. The molecule has 11 heavy (non-hydrogen) atoms. The fourth-order valence-electron chi connectivity index (χ4n) is 0.766. The number of carbonyl (C=O) groups is 1. The van der Waals surface area contributed by atoms with Crippen molar-refractivity contribution in [3.63, 3.8) is 0 Å². The van der Waals surface area contributed by atoms with Gasteiger partial charge >= 0.3 is 5.97 Å². The lowest BCUT2D eigenvalue weighted by atomic mass is 10.2. The summed E-state index contributed by atoms with van der Waals surface area (Å²) < 4.78 is 4.91. The molecule has 0 aliphatic carbocycles. The molecule has 0 aliphatic heterocycles. The van der Waals surface area contributed by atoms with E-state index in [4.69, 9.17) is 15.9 Å². The Balaban J connectivity index is 3.20. The predicted octanol–water partition coefficient (Wildman–Crippen LogP) is 1.27. The van der Waals surface area contributed by atoms with Gasteiger partial charge in [0, 0.05) is 6.07 Å². The molecule has 0 amide bonds. The summed E-state index contributed by atoms with van der Waals surface area (Å²) >= 11 is 0. The summed E-state index contributed by atoms with van der Waals surface area (Å²) in [5.41, 5.74) is 0.123. The van der Waals surface area contributed by atoms with Gasteiger partial charge in [-0.1, -0.05) is 0 Å². The third-order valence-corrected chi connectivity index (χ3v) is 1.29. The Morgan fingerprint density at radius 3 is 2.73 bits per heavy atom. The summed E-state index contributed by atoms with van der Waals surface area (Å²) in [5.74, 6) is 1.78. The molecule has 56 valence electrons. The minimum absolute atomic E-state index is 0.123. The van der Waals surface area contributed by atoms with Crippen molar-refractivity contribution in [1.82, 2.24) is 0 Å². The Labute approximate surface area is 63.6 Å². The van der Waals surface area contributed by atoms with Crippen LogP contribution >= 0.6 is 0 Å². The number of aromatic carboxylic acids is 1. The van der Waals surface area contributed by atoms with Crippen LogP contribution in [0.1, 0.15) is 21.9 Å². The van der Waals surface area contributed by atoms with E-state index < -0.39 is 5.97 Å². The summed E-state index contributed by atoms with van der Waals surface area (Å²) in [7, 11) is 0.